The van der Waals surface area contributed by atoms with Gasteiger partial charge in [-0.1, -0.05) is 94.3 Å². The Morgan fingerprint density at radius 3 is 1.84 bits per heavy atom. The Morgan fingerprint density at radius 1 is 0.838 bits per heavy atom. The van der Waals surface area contributed by atoms with Gasteiger partial charge in [0.1, 0.15) is 5.60 Å². The number of benzene rings is 2. The number of esters is 1. The molecule has 0 heterocycles. The molecular weight excluding hydrogens is 482 g/mol. The molecule has 2 rings (SSSR count). The molecule has 6 nitrogen and oxygen atoms in total. The van der Waals surface area contributed by atoms with Crippen LogP contribution in [0.15, 0.2) is 60.7 Å². The molecule has 0 saturated carbocycles. The molecule has 0 spiro atoms. The average molecular weight is 528 g/mol. The van der Waals surface area contributed by atoms with Crippen LogP contribution in [0, 0.1) is 0 Å². The summed E-state index contributed by atoms with van der Waals surface area (Å²) in [5.41, 5.74) is -0.589. The fourth-order valence-corrected chi connectivity index (χ4v) is 9.20. The van der Waals surface area contributed by atoms with Crippen LogP contribution in [0.25, 0.3) is 0 Å². The summed E-state index contributed by atoms with van der Waals surface area (Å²) >= 11 is 0. The summed E-state index contributed by atoms with van der Waals surface area (Å²) in [5.74, 6) is -0.196. The third-order valence-electron chi connectivity index (χ3n) is 6.30. The third-order valence-corrected chi connectivity index (χ3v) is 11.3. The molecule has 0 saturated heterocycles. The molecule has 0 fully saturated rings. The molecule has 0 radical (unpaired) electrons. The Kier molecular flexibility index (Phi) is 11.4. The second-order valence-electron chi connectivity index (χ2n) is 11.5. The molecule has 7 heteroatoms. The first-order chi connectivity index (χ1) is 17.4. The Labute approximate surface area is 224 Å². The number of unbranched alkanes of at least 4 members (excludes halogenated alkanes) is 2. The summed E-state index contributed by atoms with van der Waals surface area (Å²) in [7, 11) is -1.33. The van der Waals surface area contributed by atoms with Crippen molar-refractivity contribution in [3.63, 3.8) is 0 Å². The van der Waals surface area contributed by atoms with Crippen LogP contribution in [-0.2, 0) is 18.7 Å². The number of ether oxygens (including phenoxy) is 2. The monoisotopic (exact) mass is 527 g/mol. The zero-order chi connectivity index (χ0) is 27.5. The van der Waals surface area contributed by atoms with E-state index in [1.54, 1.807) is 0 Å². The van der Waals surface area contributed by atoms with E-state index in [1.165, 1.54) is 17.5 Å². The van der Waals surface area contributed by atoms with E-state index in [0.717, 1.165) is 25.7 Å². The number of amides is 1. The number of hydrogen-bond acceptors (Lipinski definition) is 5. The lowest BCUT2D eigenvalue weighted by Crippen LogP contribution is -2.67. The molecule has 1 N–H and O–H groups in total. The quantitative estimate of drug-likeness (QED) is 0.222. The van der Waals surface area contributed by atoms with Crippen molar-refractivity contribution in [2.45, 2.75) is 90.3 Å². The van der Waals surface area contributed by atoms with Crippen molar-refractivity contribution < 1.29 is 23.5 Å². The summed E-state index contributed by atoms with van der Waals surface area (Å²) in [5, 5.41) is 5.29. The number of rotatable bonds is 12. The Morgan fingerprint density at radius 2 is 1.38 bits per heavy atom. The normalized spacial score (nSPS) is 13.1. The van der Waals surface area contributed by atoms with Gasteiger partial charge in [0.05, 0.1) is 19.8 Å². The van der Waals surface area contributed by atoms with Crippen molar-refractivity contribution in [2.24, 2.45) is 0 Å². The molecular formula is C30H45NO5Si. The van der Waals surface area contributed by atoms with Crippen LogP contribution in [0.4, 0.5) is 4.79 Å². The Balaban J connectivity index is 2.30. The van der Waals surface area contributed by atoms with Crippen LogP contribution in [0.1, 0.15) is 73.6 Å². The predicted octanol–water partition coefficient (Wildman–Crippen LogP) is 5.58. The van der Waals surface area contributed by atoms with Crippen LogP contribution in [0.3, 0.4) is 0 Å². The fraction of sp³-hybridized carbons (Fsp3) is 0.533. The first-order valence-corrected chi connectivity index (χ1v) is 15.1. The molecule has 0 aromatic heterocycles. The van der Waals surface area contributed by atoms with Crippen LogP contribution in [0.2, 0.25) is 5.04 Å². The van der Waals surface area contributed by atoms with E-state index in [-0.39, 0.29) is 17.0 Å². The zero-order valence-electron chi connectivity index (χ0n) is 23.6. The number of alkyl carbamates (subject to hydrolysis) is 1. The minimum atomic E-state index is -2.74. The highest BCUT2D eigenvalue weighted by molar-refractivity contribution is 6.99. The summed E-state index contributed by atoms with van der Waals surface area (Å²) in [6, 6.07) is 20.7. The smallest absolute Gasteiger partial charge is 0.407 e. The molecule has 2 aromatic carbocycles. The van der Waals surface area contributed by atoms with Crippen LogP contribution < -0.4 is 15.7 Å². The number of methoxy groups -OCH3 is 1. The second-order valence-corrected chi connectivity index (χ2v) is 15.8. The summed E-state index contributed by atoms with van der Waals surface area (Å²) in [4.78, 5) is 24.2. The van der Waals surface area contributed by atoms with Crippen molar-refractivity contribution in [1.82, 2.24) is 5.32 Å². The van der Waals surface area contributed by atoms with Gasteiger partial charge in [-0.25, -0.2) is 4.79 Å². The van der Waals surface area contributed by atoms with Crippen molar-refractivity contribution in [3.05, 3.63) is 60.7 Å². The lowest BCUT2D eigenvalue weighted by atomic mass is 10.1. The lowest BCUT2D eigenvalue weighted by molar-refractivity contribution is -0.140. The van der Waals surface area contributed by atoms with E-state index < -0.39 is 20.0 Å². The van der Waals surface area contributed by atoms with Crippen LogP contribution in [0.5, 0.6) is 0 Å². The average Bonchev–Trinajstić information content (AvgIpc) is 2.83. The maximum atomic E-state index is 12.7. The van der Waals surface area contributed by atoms with Crippen molar-refractivity contribution in [3.8, 4) is 0 Å². The molecule has 0 aliphatic heterocycles. The highest BCUT2D eigenvalue weighted by Gasteiger charge is 2.50. The number of carbonyl (C=O) groups excluding carboxylic acids is 2. The molecule has 204 valence electrons. The molecule has 0 aliphatic rings. The summed E-state index contributed by atoms with van der Waals surface area (Å²) in [6.45, 7) is 12.6. The maximum absolute atomic E-state index is 12.7. The minimum Gasteiger partial charge on any atom is -0.469 e. The predicted molar refractivity (Wildman–Crippen MR) is 152 cm³/mol. The molecule has 0 unspecified atom stereocenters. The molecule has 0 aliphatic carbocycles. The van der Waals surface area contributed by atoms with Gasteiger partial charge in [-0.3, -0.25) is 4.79 Å². The fourth-order valence-electron chi connectivity index (χ4n) is 4.60. The third kappa shape index (κ3) is 9.31. The molecule has 2 aromatic rings. The van der Waals surface area contributed by atoms with Crippen LogP contribution in [-0.4, -0.2) is 45.7 Å². The van der Waals surface area contributed by atoms with E-state index >= 15 is 0 Å². The van der Waals surface area contributed by atoms with Crippen LogP contribution >= 0.6 is 0 Å². The van der Waals surface area contributed by atoms with Crippen molar-refractivity contribution >= 4 is 30.8 Å². The second kappa shape index (κ2) is 13.8. The molecule has 37 heavy (non-hydrogen) atoms. The van der Waals surface area contributed by atoms with E-state index in [1.807, 2.05) is 32.9 Å². The largest absolute Gasteiger partial charge is 0.469 e. The van der Waals surface area contributed by atoms with Crippen molar-refractivity contribution in [2.75, 3.05) is 13.7 Å². The molecule has 1 atom stereocenters. The van der Waals surface area contributed by atoms with Crippen molar-refractivity contribution in [1.29, 1.82) is 0 Å². The van der Waals surface area contributed by atoms with Gasteiger partial charge in [0, 0.05) is 6.42 Å². The van der Waals surface area contributed by atoms with Gasteiger partial charge in [-0.15, -0.1) is 0 Å². The highest BCUT2D eigenvalue weighted by Crippen LogP contribution is 2.37. The SMILES string of the molecule is COC(=O)CCCCC[C@@H](CO[Si](c1ccccc1)(c1ccccc1)C(C)(C)C)NC(=O)OC(C)(C)C. The summed E-state index contributed by atoms with van der Waals surface area (Å²) in [6.07, 6.45) is 3.14. The number of hydrogen-bond donors (Lipinski definition) is 1. The van der Waals surface area contributed by atoms with Gasteiger partial charge in [0.2, 0.25) is 0 Å². The Hall–Kier alpha value is -2.64. The first-order valence-electron chi connectivity index (χ1n) is 13.2. The van der Waals surface area contributed by atoms with E-state index in [4.69, 9.17) is 13.9 Å². The Bertz CT molecular complexity index is 927. The summed E-state index contributed by atoms with van der Waals surface area (Å²) < 4.78 is 17.4. The first kappa shape index (κ1) is 30.6. The van der Waals surface area contributed by atoms with Gasteiger partial charge < -0.3 is 19.2 Å². The van der Waals surface area contributed by atoms with E-state index in [0.29, 0.717) is 13.0 Å². The van der Waals surface area contributed by atoms with E-state index in [9.17, 15) is 9.59 Å². The standard InChI is InChI=1S/C30H45NO5Si/c1-29(2,3)36-28(33)31-24(17-11-8-16-22-27(32)34-7)23-35-37(30(4,5)6,25-18-12-9-13-19-25)26-20-14-10-15-21-26/h9-10,12-15,18-21,24H,8,11,16-17,22-23H2,1-7H3,(H,31,33)/t24-/m0/s1. The van der Waals surface area contributed by atoms with E-state index in [2.05, 4.69) is 74.6 Å². The number of nitrogens with one attached hydrogen (secondary N) is 1. The molecule has 0 bridgehead atoms. The van der Waals surface area contributed by atoms with Gasteiger partial charge in [-0.05, 0) is 49.0 Å². The van der Waals surface area contributed by atoms with Gasteiger partial charge in [-0.2, -0.15) is 0 Å². The topological polar surface area (TPSA) is 73.9 Å². The highest BCUT2D eigenvalue weighted by atomic mass is 28.4. The van der Waals surface area contributed by atoms with Gasteiger partial charge in [0.25, 0.3) is 8.32 Å². The lowest BCUT2D eigenvalue weighted by Gasteiger charge is -2.43. The molecule has 1 amide bonds. The minimum absolute atomic E-state index is 0.160. The zero-order valence-corrected chi connectivity index (χ0v) is 24.6. The van der Waals surface area contributed by atoms with Gasteiger partial charge in [0.15, 0.2) is 0 Å². The van der Waals surface area contributed by atoms with Gasteiger partial charge >= 0.3 is 12.1 Å². The number of carbonyl (C=O) groups is 2. The maximum Gasteiger partial charge on any atom is 0.407 e.